The SMILES string of the molecule is CN1CCCN(CC(=O)N2CC[C@]3(CCCN(CC4CC4)C3=O)C2)CC1. The Hall–Kier alpha value is -1.14. The van der Waals surface area contributed by atoms with Crippen molar-refractivity contribution in [3.8, 4) is 0 Å². The van der Waals surface area contributed by atoms with Gasteiger partial charge in [0, 0.05) is 39.3 Å². The highest BCUT2D eigenvalue weighted by molar-refractivity contribution is 5.86. The number of nitrogens with zero attached hydrogens (tertiary/aromatic N) is 4. The van der Waals surface area contributed by atoms with Gasteiger partial charge in [0.25, 0.3) is 0 Å². The normalized spacial score (nSPS) is 31.7. The predicted octanol–water partition coefficient (Wildman–Crippen LogP) is 0.875. The molecule has 26 heavy (non-hydrogen) atoms. The van der Waals surface area contributed by atoms with Crippen LogP contribution >= 0.6 is 0 Å². The maximum absolute atomic E-state index is 13.1. The van der Waals surface area contributed by atoms with Crippen molar-refractivity contribution in [2.45, 2.75) is 38.5 Å². The van der Waals surface area contributed by atoms with Gasteiger partial charge in [0.15, 0.2) is 0 Å². The van der Waals surface area contributed by atoms with Crippen molar-refractivity contribution in [3.63, 3.8) is 0 Å². The molecule has 6 heteroatoms. The number of likely N-dealkylation sites (tertiary alicyclic amines) is 2. The molecule has 0 unspecified atom stereocenters. The Bertz CT molecular complexity index is 550. The zero-order valence-electron chi connectivity index (χ0n) is 16.3. The minimum absolute atomic E-state index is 0.221. The molecule has 4 aliphatic rings. The number of rotatable bonds is 4. The lowest BCUT2D eigenvalue weighted by Crippen LogP contribution is -2.51. The summed E-state index contributed by atoms with van der Waals surface area (Å²) in [5.41, 5.74) is -0.276. The maximum Gasteiger partial charge on any atom is 0.236 e. The van der Waals surface area contributed by atoms with Gasteiger partial charge in [-0.05, 0) is 64.6 Å². The molecule has 0 aromatic heterocycles. The van der Waals surface area contributed by atoms with Gasteiger partial charge in [-0.15, -0.1) is 0 Å². The molecule has 0 aromatic carbocycles. The number of hydrogen-bond donors (Lipinski definition) is 0. The average Bonchev–Trinajstić information content (AvgIpc) is 3.37. The van der Waals surface area contributed by atoms with Crippen LogP contribution in [0.1, 0.15) is 38.5 Å². The molecular formula is C20H34N4O2. The molecule has 4 fully saturated rings. The molecule has 1 atom stereocenters. The van der Waals surface area contributed by atoms with E-state index in [0.29, 0.717) is 19.0 Å². The highest BCUT2D eigenvalue weighted by atomic mass is 16.2. The van der Waals surface area contributed by atoms with E-state index in [2.05, 4.69) is 21.7 Å². The first-order chi connectivity index (χ1) is 12.6. The average molecular weight is 363 g/mol. The second-order valence-corrected chi connectivity index (χ2v) is 9.08. The standard InChI is InChI=1S/C20H34N4O2/c1-21-8-3-9-22(13-12-21)15-18(25)24-11-7-20(16-24)6-2-10-23(19(20)26)14-17-4-5-17/h17H,2-16H2,1H3/t20-/m1/s1. The van der Waals surface area contributed by atoms with Crippen LogP contribution in [-0.4, -0.2) is 97.4 Å². The van der Waals surface area contributed by atoms with Gasteiger partial charge in [-0.3, -0.25) is 14.5 Å². The third kappa shape index (κ3) is 3.91. The van der Waals surface area contributed by atoms with Crippen LogP contribution in [0.4, 0.5) is 0 Å². The van der Waals surface area contributed by atoms with Crippen LogP contribution in [0.3, 0.4) is 0 Å². The minimum Gasteiger partial charge on any atom is -0.342 e. The fourth-order valence-electron chi connectivity index (χ4n) is 4.95. The molecule has 0 N–H and O–H groups in total. The van der Waals surface area contributed by atoms with Crippen molar-refractivity contribution in [1.82, 2.24) is 19.6 Å². The molecule has 2 amide bonds. The molecule has 1 spiro atoms. The fourth-order valence-corrected chi connectivity index (χ4v) is 4.95. The van der Waals surface area contributed by atoms with Crippen LogP contribution < -0.4 is 0 Å². The van der Waals surface area contributed by atoms with E-state index in [1.807, 2.05) is 4.90 Å². The van der Waals surface area contributed by atoms with Gasteiger partial charge >= 0.3 is 0 Å². The lowest BCUT2D eigenvalue weighted by Gasteiger charge is -2.39. The van der Waals surface area contributed by atoms with Crippen LogP contribution in [0.15, 0.2) is 0 Å². The molecule has 3 aliphatic heterocycles. The van der Waals surface area contributed by atoms with E-state index in [4.69, 9.17) is 0 Å². The number of hydrogen-bond acceptors (Lipinski definition) is 4. The van der Waals surface area contributed by atoms with Crippen molar-refractivity contribution in [2.75, 3.05) is 66.0 Å². The minimum atomic E-state index is -0.276. The van der Waals surface area contributed by atoms with Crippen LogP contribution in [0, 0.1) is 11.3 Å². The second-order valence-electron chi connectivity index (χ2n) is 9.08. The highest BCUT2D eigenvalue weighted by Crippen LogP contribution is 2.41. The summed E-state index contributed by atoms with van der Waals surface area (Å²) in [5, 5.41) is 0. The van der Waals surface area contributed by atoms with Gasteiger partial charge in [-0.1, -0.05) is 0 Å². The summed E-state index contributed by atoms with van der Waals surface area (Å²) in [6.07, 6.45) is 6.62. The van der Waals surface area contributed by atoms with Gasteiger partial charge in [-0.2, -0.15) is 0 Å². The summed E-state index contributed by atoms with van der Waals surface area (Å²) in [4.78, 5) is 34.7. The molecule has 146 valence electrons. The third-order valence-electron chi connectivity index (χ3n) is 6.88. The van der Waals surface area contributed by atoms with Crippen LogP contribution in [0.5, 0.6) is 0 Å². The quantitative estimate of drug-likeness (QED) is 0.745. The molecule has 0 radical (unpaired) electrons. The summed E-state index contributed by atoms with van der Waals surface area (Å²) in [6.45, 7) is 7.92. The smallest absolute Gasteiger partial charge is 0.236 e. The van der Waals surface area contributed by atoms with Gasteiger partial charge in [0.2, 0.25) is 11.8 Å². The zero-order valence-corrected chi connectivity index (χ0v) is 16.3. The zero-order chi connectivity index (χ0) is 18.1. The predicted molar refractivity (Wildman–Crippen MR) is 101 cm³/mol. The molecule has 1 aliphatic carbocycles. The van der Waals surface area contributed by atoms with E-state index in [1.165, 1.54) is 12.8 Å². The van der Waals surface area contributed by atoms with Crippen molar-refractivity contribution in [2.24, 2.45) is 11.3 Å². The Balaban J connectivity index is 1.33. The molecule has 0 aromatic rings. The largest absolute Gasteiger partial charge is 0.342 e. The van der Waals surface area contributed by atoms with Crippen LogP contribution in [-0.2, 0) is 9.59 Å². The van der Waals surface area contributed by atoms with E-state index < -0.39 is 0 Å². The first-order valence-corrected chi connectivity index (χ1v) is 10.5. The van der Waals surface area contributed by atoms with E-state index in [1.54, 1.807) is 0 Å². The molecule has 3 saturated heterocycles. The van der Waals surface area contributed by atoms with Crippen LogP contribution in [0.2, 0.25) is 0 Å². The molecule has 4 rings (SSSR count). The van der Waals surface area contributed by atoms with Crippen molar-refractivity contribution < 1.29 is 9.59 Å². The lowest BCUT2D eigenvalue weighted by molar-refractivity contribution is -0.146. The molecule has 0 bridgehead atoms. The van der Waals surface area contributed by atoms with E-state index in [-0.39, 0.29) is 11.3 Å². The second kappa shape index (κ2) is 7.47. The van der Waals surface area contributed by atoms with E-state index >= 15 is 0 Å². The third-order valence-corrected chi connectivity index (χ3v) is 6.88. The topological polar surface area (TPSA) is 47.1 Å². The summed E-state index contributed by atoms with van der Waals surface area (Å²) in [5.74, 6) is 1.30. The Kier molecular flexibility index (Phi) is 5.24. The summed E-state index contributed by atoms with van der Waals surface area (Å²) in [7, 11) is 2.15. The van der Waals surface area contributed by atoms with Gasteiger partial charge in [0.1, 0.15) is 0 Å². The number of amides is 2. The summed E-state index contributed by atoms with van der Waals surface area (Å²) in [6, 6.07) is 0. The molecular weight excluding hydrogens is 328 g/mol. The molecule has 3 heterocycles. The summed E-state index contributed by atoms with van der Waals surface area (Å²) < 4.78 is 0. The number of piperidine rings is 1. The lowest BCUT2D eigenvalue weighted by atomic mass is 9.78. The maximum atomic E-state index is 13.1. The first-order valence-electron chi connectivity index (χ1n) is 10.5. The van der Waals surface area contributed by atoms with Crippen molar-refractivity contribution >= 4 is 11.8 Å². The monoisotopic (exact) mass is 362 g/mol. The molecule has 1 saturated carbocycles. The van der Waals surface area contributed by atoms with Crippen molar-refractivity contribution in [3.05, 3.63) is 0 Å². The van der Waals surface area contributed by atoms with Gasteiger partial charge < -0.3 is 14.7 Å². The van der Waals surface area contributed by atoms with E-state index in [0.717, 1.165) is 77.4 Å². The number of likely N-dealkylation sites (N-methyl/N-ethyl adjacent to an activating group) is 1. The summed E-state index contributed by atoms with van der Waals surface area (Å²) >= 11 is 0. The molecule has 6 nitrogen and oxygen atoms in total. The van der Waals surface area contributed by atoms with Gasteiger partial charge in [0.05, 0.1) is 12.0 Å². The van der Waals surface area contributed by atoms with Gasteiger partial charge in [-0.25, -0.2) is 0 Å². The Morgan fingerprint density at radius 2 is 1.88 bits per heavy atom. The van der Waals surface area contributed by atoms with E-state index in [9.17, 15) is 9.59 Å². The Morgan fingerprint density at radius 3 is 2.69 bits per heavy atom. The van der Waals surface area contributed by atoms with Crippen molar-refractivity contribution in [1.29, 1.82) is 0 Å². The Labute approximate surface area is 157 Å². The first kappa shape index (κ1) is 18.2. The van der Waals surface area contributed by atoms with Crippen LogP contribution in [0.25, 0.3) is 0 Å². The fraction of sp³-hybridized carbons (Fsp3) is 0.900. The Morgan fingerprint density at radius 1 is 1.04 bits per heavy atom. The number of carbonyl (C=O) groups excluding carboxylic acids is 2. The highest BCUT2D eigenvalue weighted by Gasteiger charge is 2.49. The number of carbonyl (C=O) groups is 2.